The number of aliphatic hydroxyl groups excluding tert-OH is 1. The first-order chi connectivity index (χ1) is 11.8. The van der Waals surface area contributed by atoms with E-state index in [1.807, 2.05) is 35.1 Å². The summed E-state index contributed by atoms with van der Waals surface area (Å²) >= 11 is 0. The van der Waals surface area contributed by atoms with Gasteiger partial charge in [-0.15, -0.1) is 0 Å². The molecule has 1 aromatic carbocycles. The second-order valence-corrected chi connectivity index (χ2v) is 6.20. The molecule has 0 aliphatic carbocycles. The van der Waals surface area contributed by atoms with Crippen LogP contribution in [0.2, 0.25) is 0 Å². The number of amides is 1. The molecule has 2 aromatic rings. The standard InChI is InChI=1S/C18H24N4O2/c23-14-17-7-3-9-21(17)13-18(24)19-11-15-5-1-2-6-16(15)12-22-10-4-8-20-22/h1-2,4-6,8,10,17,23H,3,7,9,11-14H2,(H,19,24)/t17-/m1/s1. The van der Waals surface area contributed by atoms with Gasteiger partial charge in [0.2, 0.25) is 5.91 Å². The maximum absolute atomic E-state index is 12.2. The summed E-state index contributed by atoms with van der Waals surface area (Å²) in [4.78, 5) is 14.3. The molecule has 0 unspecified atom stereocenters. The van der Waals surface area contributed by atoms with Crippen LogP contribution in [-0.4, -0.2) is 51.4 Å². The van der Waals surface area contributed by atoms with E-state index in [9.17, 15) is 9.90 Å². The Balaban J connectivity index is 1.55. The lowest BCUT2D eigenvalue weighted by molar-refractivity contribution is -0.122. The van der Waals surface area contributed by atoms with Gasteiger partial charge in [0.15, 0.2) is 0 Å². The fraction of sp³-hybridized carbons (Fsp3) is 0.444. The first-order valence-electron chi connectivity index (χ1n) is 8.42. The third kappa shape index (κ3) is 4.21. The molecule has 6 nitrogen and oxygen atoms in total. The molecule has 3 rings (SSSR count). The molecule has 1 aliphatic rings. The Morgan fingerprint density at radius 1 is 1.29 bits per heavy atom. The van der Waals surface area contributed by atoms with Gasteiger partial charge in [-0.3, -0.25) is 14.4 Å². The van der Waals surface area contributed by atoms with Crippen molar-refractivity contribution in [3.63, 3.8) is 0 Å². The zero-order valence-electron chi connectivity index (χ0n) is 13.8. The van der Waals surface area contributed by atoms with Gasteiger partial charge >= 0.3 is 0 Å². The minimum atomic E-state index is 0.00393. The van der Waals surface area contributed by atoms with E-state index in [1.165, 1.54) is 0 Å². The third-order valence-electron chi connectivity index (χ3n) is 4.54. The van der Waals surface area contributed by atoms with Crippen molar-refractivity contribution in [1.82, 2.24) is 20.0 Å². The molecule has 1 saturated heterocycles. The predicted molar refractivity (Wildman–Crippen MR) is 91.3 cm³/mol. The topological polar surface area (TPSA) is 70.4 Å². The van der Waals surface area contributed by atoms with E-state index in [2.05, 4.69) is 21.4 Å². The van der Waals surface area contributed by atoms with E-state index in [1.54, 1.807) is 6.20 Å². The molecule has 0 bridgehead atoms. The molecule has 2 heterocycles. The number of hydrogen-bond acceptors (Lipinski definition) is 4. The molecular formula is C18H24N4O2. The van der Waals surface area contributed by atoms with Gasteiger partial charge in [-0.2, -0.15) is 5.10 Å². The Hall–Kier alpha value is -2.18. The molecule has 1 fully saturated rings. The minimum absolute atomic E-state index is 0.00393. The zero-order valence-corrected chi connectivity index (χ0v) is 13.8. The molecule has 24 heavy (non-hydrogen) atoms. The number of aromatic nitrogens is 2. The van der Waals surface area contributed by atoms with Crippen LogP contribution < -0.4 is 5.32 Å². The molecule has 6 heteroatoms. The molecular weight excluding hydrogens is 304 g/mol. The second kappa shape index (κ2) is 8.08. The summed E-state index contributed by atoms with van der Waals surface area (Å²) in [6.45, 7) is 2.56. The number of aliphatic hydroxyl groups is 1. The average molecular weight is 328 g/mol. The maximum atomic E-state index is 12.2. The normalized spacial score (nSPS) is 18.0. The van der Waals surface area contributed by atoms with Crippen molar-refractivity contribution in [3.05, 3.63) is 53.9 Å². The van der Waals surface area contributed by atoms with E-state index >= 15 is 0 Å². The molecule has 1 atom stereocenters. The van der Waals surface area contributed by atoms with Crippen molar-refractivity contribution in [1.29, 1.82) is 0 Å². The average Bonchev–Trinajstić information content (AvgIpc) is 3.25. The van der Waals surface area contributed by atoms with Crippen LogP contribution in [0.25, 0.3) is 0 Å². The van der Waals surface area contributed by atoms with Crippen LogP contribution in [0.15, 0.2) is 42.7 Å². The van der Waals surface area contributed by atoms with Crippen LogP contribution in [0.1, 0.15) is 24.0 Å². The molecule has 2 N–H and O–H groups in total. The summed E-state index contributed by atoms with van der Waals surface area (Å²) in [5.41, 5.74) is 2.25. The fourth-order valence-corrected chi connectivity index (χ4v) is 3.20. The fourth-order valence-electron chi connectivity index (χ4n) is 3.20. The summed E-state index contributed by atoms with van der Waals surface area (Å²) in [6.07, 6.45) is 5.71. The van der Waals surface area contributed by atoms with E-state index in [0.29, 0.717) is 19.6 Å². The Kier molecular flexibility index (Phi) is 5.61. The summed E-state index contributed by atoms with van der Waals surface area (Å²) < 4.78 is 1.87. The van der Waals surface area contributed by atoms with Gasteiger partial charge in [-0.1, -0.05) is 24.3 Å². The Bertz CT molecular complexity index is 657. The zero-order chi connectivity index (χ0) is 16.8. The number of hydrogen-bond donors (Lipinski definition) is 2. The van der Waals surface area contributed by atoms with Gasteiger partial charge < -0.3 is 10.4 Å². The lowest BCUT2D eigenvalue weighted by Crippen LogP contribution is -2.41. The molecule has 1 amide bonds. The highest BCUT2D eigenvalue weighted by molar-refractivity contribution is 5.78. The van der Waals surface area contributed by atoms with Crippen LogP contribution in [0, 0.1) is 0 Å². The number of benzene rings is 1. The van der Waals surface area contributed by atoms with Crippen LogP contribution >= 0.6 is 0 Å². The summed E-state index contributed by atoms with van der Waals surface area (Å²) in [5, 5.41) is 16.6. The van der Waals surface area contributed by atoms with Crippen LogP contribution in [0.4, 0.5) is 0 Å². The molecule has 0 radical (unpaired) electrons. The Morgan fingerprint density at radius 2 is 2.12 bits per heavy atom. The van der Waals surface area contributed by atoms with Gasteiger partial charge in [0.05, 0.1) is 19.7 Å². The van der Waals surface area contributed by atoms with E-state index in [4.69, 9.17) is 0 Å². The first kappa shape index (κ1) is 16.7. The van der Waals surface area contributed by atoms with Crippen molar-refractivity contribution < 1.29 is 9.90 Å². The van der Waals surface area contributed by atoms with E-state index < -0.39 is 0 Å². The summed E-state index contributed by atoms with van der Waals surface area (Å²) in [6, 6.07) is 10.1. The van der Waals surface area contributed by atoms with Crippen LogP contribution in [-0.2, 0) is 17.9 Å². The van der Waals surface area contributed by atoms with Gasteiger partial charge in [0.1, 0.15) is 0 Å². The van der Waals surface area contributed by atoms with Gasteiger partial charge in [-0.05, 0) is 36.6 Å². The smallest absolute Gasteiger partial charge is 0.234 e. The number of rotatable bonds is 7. The maximum Gasteiger partial charge on any atom is 0.234 e. The van der Waals surface area contributed by atoms with Crippen LogP contribution in [0.3, 0.4) is 0 Å². The van der Waals surface area contributed by atoms with Crippen molar-refractivity contribution in [2.45, 2.75) is 32.0 Å². The minimum Gasteiger partial charge on any atom is -0.395 e. The molecule has 128 valence electrons. The number of carbonyl (C=O) groups is 1. The first-order valence-corrected chi connectivity index (χ1v) is 8.42. The largest absolute Gasteiger partial charge is 0.395 e. The highest BCUT2D eigenvalue weighted by Crippen LogP contribution is 2.16. The third-order valence-corrected chi connectivity index (χ3v) is 4.54. The van der Waals surface area contributed by atoms with E-state index in [-0.39, 0.29) is 18.6 Å². The number of nitrogens with zero attached hydrogens (tertiary/aromatic N) is 3. The van der Waals surface area contributed by atoms with Crippen molar-refractivity contribution in [3.8, 4) is 0 Å². The lowest BCUT2D eigenvalue weighted by atomic mass is 10.1. The predicted octanol–water partition coefficient (Wildman–Crippen LogP) is 1.00. The van der Waals surface area contributed by atoms with Crippen LogP contribution in [0.5, 0.6) is 0 Å². The van der Waals surface area contributed by atoms with E-state index in [0.717, 1.165) is 30.5 Å². The number of nitrogens with one attached hydrogen (secondary N) is 1. The quantitative estimate of drug-likeness (QED) is 0.796. The SMILES string of the molecule is O=C(CN1CCC[C@@H]1CO)NCc1ccccc1Cn1cccn1. The van der Waals surface area contributed by atoms with Gasteiger partial charge in [0.25, 0.3) is 0 Å². The van der Waals surface area contributed by atoms with Crippen molar-refractivity contribution >= 4 is 5.91 Å². The molecule has 0 spiro atoms. The van der Waals surface area contributed by atoms with Crippen molar-refractivity contribution in [2.24, 2.45) is 0 Å². The summed E-state index contributed by atoms with van der Waals surface area (Å²) in [7, 11) is 0. The second-order valence-electron chi connectivity index (χ2n) is 6.20. The van der Waals surface area contributed by atoms with Crippen molar-refractivity contribution in [2.75, 3.05) is 19.7 Å². The Labute approximate surface area is 142 Å². The Morgan fingerprint density at radius 3 is 2.88 bits per heavy atom. The molecule has 0 saturated carbocycles. The van der Waals surface area contributed by atoms with Gasteiger partial charge in [-0.25, -0.2) is 0 Å². The lowest BCUT2D eigenvalue weighted by Gasteiger charge is -2.22. The summed E-state index contributed by atoms with van der Waals surface area (Å²) in [5.74, 6) is 0.00393. The highest BCUT2D eigenvalue weighted by atomic mass is 16.3. The monoisotopic (exact) mass is 328 g/mol. The molecule has 1 aliphatic heterocycles. The number of likely N-dealkylation sites (tertiary alicyclic amines) is 1. The van der Waals surface area contributed by atoms with Gasteiger partial charge in [0, 0.05) is 25.0 Å². The highest BCUT2D eigenvalue weighted by Gasteiger charge is 2.25. The number of carbonyl (C=O) groups excluding carboxylic acids is 1. The molecule has 1 aromatic heterocycles.